The minimum atomic E-state index is 1.06. The van der Waals surface area contributed by atoms with E-state index in [0.29, 0.717) is 0 Å². The molecule has 0 unspecified atom stereocenters. The normalized spacial score (nSPS) is 8.67. The summed E-state index contributed by atoms with van der Waals surface area (Å²) in [6.07, 6.45) is 3.92. The lowest BCUT2D eigenvalue weighted by atomic mass is 10.2. The second kappa shape index (κ2) is 7.04. The highest BCUT2D eigenvalue weighted by molar-refractivity contribution is 5.79. The van der Waals surface area contributed by atoms with Crippen molar-refractivity contribution in [2.75, 3.05) is 0 Å². The van der Waals surface area contributed by atoms with Crippen molar-refractivity contribution in [3.05, 3.63) is 30.1 Å². The lowest BCUT2D eigenvalue weighted by Gasteiger charge is -1.91. The number of aromatic nitrogens is 2. The van der Waals surface area contributed by atoms with Gasteiger partial charge in [0.05, 0.1) is 0 Å². The molecule has 84 valence electrons. The predicted octanol–water partition coefficient (Wildman–Crippen LogP) is 3.93. The van der Waals surface area contributed by atoms with Gasteiger partial charge in [-0.15, -0.1) is 0 Å². The molecule has 2 nitrogen and oxygen atoms in total. The van der Waals surface area contributed by atoms with Crippen LogP contribution in [0.5, 0.6) is 0 Å². The zero-order chi connectivity index (χ0) is 11.8. The second-order valence-corrected chi connectivity index (χ2v) is 2.80. The summed E-state index contributed by atoms with van der Waals surface area (Å²) < 4.78 is 2.05. The summed E-state index contributed by atoms with van der Waals surface area (Å²) in [7, 11) is 2.02. The van der Waals surface area contributed by atoms with Crippen LogP contribution in [0.2, 0.25) is 0 Å². The van der Waals surface area contributed by atoms with E-state index in [4.69, 9.17) is 0 Å². The Hall–Kier alpha value is -1.31. The minimum Gasteiger partial charge on any atom is -0.335 e. The van der Waals surface area contributed by atoms with Crippen LogP contribution >= 0.6 is 0 Å². The Morgan fingerprint density at radius 1 is 1.13 bits per heavy atom. The standard InChI is InChI=1S/C9H10N2.2C2H6/c1-7-6-11(2)9-8(7)4-3-5-10-9;2*1-2/h3-6H,1-2H3;2*1-2H3. The average Bonchev–Trinajstić information content (AvgIpc) is 2.61. The molecule has 0 aromatic carbocycles. The molecule has 2 rings (SSSR count). The van der Waals surface area contributed by atoms with E-state index in [1.165, 1.54) is 10.9 Å². The molecule has 2 heteroatoms. The molecule has 0 aliphatic carbocycles. The van der Waals surface area contributed by atoms with Crippen molar-refractivity contribution in [1.82, 2.24) is 9.55 Å². The molecule has 0 amide bonds. The summed E-state index contributed by atoms with van der Waals surface area (Å²) in [5.74, 6) is 0. The first kappa shape index (κ1) is 13.7. The molecule has 2 aromatic rings. The largest absolute Gasteiger partial charge is 0.335 e. The number of aryl methyl sites for hydroxylation is 2. The fraction of sp³-hybridized carbons (Fsp3) is 0.462. The van der Waals surface area contributed by atoms with Crippen LogP contribution in [0.1, 0.15) is 33.3 Å². The summed E-state index contributed by atoms with van der Waals surface area (Å²) >= 11 is 0. The molecule has 0 bridgehead atoms. The smallest absolute Gasteiger partial charge is 0.139 e. The summed E-state index contributed by atoms with van der Waals surface area (Å²) in [4.78, 5) is 4.26. The van der Waals surface area contributed by atoms with Crippen molar-refractivity contribution in [2.45, 2.75) is 34.6 Å². The van der Waals surface area contributed by atoms with E-state index in [9.17, 15) is 0 Å². The Labute approximate surface area is 93.0 Å². The molecule has 0 spiro atoms. The molecule has 0 aliphatic rings. The molecule has 0 N–H and O–H groups in total. The van der Waals surface area contributed by atoms with E-state index in [-0.39, 0.29) is 0 Å². The molecule has 2 aromatic heterocycles. The monoisotopic (exact) mass is 206 g/mol. The van der Waals surface area contributed by atoms with E-state index in [1.54, 1.807) is 0 Å². The van der Waals surface area contributed by atoms with Crippen LogP contribution < -0.4 is 0 Å². The number of pyridine rings is 1. The highest BCUT2D eigenvalue weighted by Gasteiger charge is 2.00. The molecular formula is C13H22N2. The molecule has 0 saturated carbocycles. The maximum atomic E-state index is 4.26. The van der Waals surface area contributed by atoms with Gasteiger partial charge in [-0.05, 0) is 24.6 Å². The predicted molar refractivity (Wildman–Crippen MR) is 68.1 cm³/mol. The lowest BCUT2D eigenvalue weighted by Crippen LogP contribution is -1.85. The van der Waals surface area contributed by atoms with Crippen molar-refractivity contribution >= 4 is 11.0 Å². The van der Waals surface area contributed by atoms with Gasteiger partial charge in [-0.3, -0.25) is 0 Å². The van der Waals surface area contributed by atoms with Crippen molar-refractivity contribution < 1.29 is 0 Å². The fourth-order valence-corrected chi connectivity index (χ4v) is 1.41. The van der Waals surface area contributed by atoms with E-state index in [1.807, 2.05) is 51.6 Å². The first-order valence-corrected chi connectivity index (χ1v) is 5.65. The van der Waals surface area contributed by atoms with E-state index in [0.717, 1.165) is 5.65 Å². The average molecular weight is 206 g/mol. The number of rotatable bonds is 0. The van der Waals surface area contributed by atoms with Crippen LogP contribution in [-0.2, 0) is 7.05 Å². The van der Waals surface area contributed by atoms with Crippen molar-refractivity contribution in [3.63, 3.8) is 0 Å². The van der Waals surface area contributed by atoms with Crippen LogP contribution in [0.15, 0.2) is 24.5 Å². The Morgan fingerprint density at radius 2 is 1.73 bits per heavy atom. The fourth-order valence-electron chi connectivity index (χ4n) is 1.41. The van der Waals surface area contributed by atoms with Crippen LogP contribution in [0.25, 0.3) is 11.0 Å². The molecule has 0 fully saturated rings. The number of hydrogen-bond donors (Lipinski definition) is 0. The maximum absolute atomic E-state index is 4.26. The molecule has 15 heavy (non-hydrogen) atoms. The van der Waals surface area contributed by atoms with Gasteiger partial charge in [-0.1, -0.05) is 27.7 Å². The topological polar surface area (TPSA) is 17.8 Å². The summed E-state index contributed by atoms with van der Waals surface area (Å²) in [5.41, 5.74) is 2.35. The Morgan fingerprint density at radius 3 is 2.27 bits per heavy atom. The maximum Gasteiger partial charge on any atom is 0.139 e. The van der Waals surface area contributed by atoms with Gasteiger partial charge in [0.15, 0.2) is 0 Å². The van der Waals surface area contributed by atoms with Gasteiger partial charge >= 0.3 is 0 Å². The molecule has 0 saturated heterocycles. The molecular weight excluding hydrogens is 184 g/mol. The van der Waals surface area contributed by atoms with Crippen LogP contribution in [0, 0.1) is 6.92 Å². The summed E-state index contributed by atoms with van der Waals surface area (Å²) in [6, 6.07) is 4.06. The first-order chi connectivity index (χ1) is 7.29. The Bertz CT molecular complexity index is 352. The van der Waals surface area contributed by atoms with E-state index >= 15 is 0 Å². The first-order valence-electron chi connectivity index (χ1n) is 5.65. The summed E-state index contributed by atoms with van der Waals surface area (Å²) in [6.45, 7) is 10.1. The van der Waals surface area contributed by atoms with Gasteiger partial charge < -0.3 is 4.57 Å². The Balaban J connectivity index is 0.000000442. The number of fused-ring (bicyclic) bond motifs is 1. The number of nitrogens with zero attached hydrogens (tertiary/aromatic N) is 2. The third-order valence-corrected chi connectivity index (χ3v) is 1.93. The quantitative estimate of drug-likeness (QED) is 0.638. The molecule has 2 heterocycles. The van der Waals surface area contributed by atoms with Gasteiger partial charge in [0.25, 0.3) is 0 Å². The van der Waals surface area contributed by atoms with Crippen molar-refractivity contribution in [2.24, 2.45) is 7.05 Å². The third kappa shape index (κ3) is 3.08. The third-order valence-electron chi connectivity index (χ3n) is 1.93. The molecule has 0 aliphatic heterocycles. The Kier molecular flexibility index (Phi) is 6.43. The zero-order valence-electron chi connectivity index (χ0n) is 10.7. The zero-order valence-corrected chi connectivity index (χ0v) is 10.7. The van der Waals surface area contributed by atoms with E-state index in [2.05, 4.69) is 24.2 Å². The van der Waals surface area contributed by atoms with Gasteiger partial charge in [-0.25, -0.2) is 4.98 Å². The van der Waals surface area contributed by atoms with Gasteiger partial charge in [-0.2, -0.15) is 0 Å². The van der Waals surface area contributed by atoms with Gasteiger partial charge in [0.2, 0.25) is 0 Å². The van der Waals surface area contributed by atoms with Crippen molar-refractivity contribution in [1.29, 1.82) is 0 Å². The summed E-state index contributed by atoms with van der Waals surface area (Å²) in [5, 5.41) is 1.25. The van der Waals surface area contributed by atoms with Gasteiger partial charge in [0, 0.05) is 24.8 Å². The molecule has 0 radical (unpaired) electrons. The minimum absolute atomic E-state index is 1.06. The van der Waals surface area contributed by atoms with E-state index < -0.39 is 0 Å². The lowest BCUT2D eigenvalue weighted by molar-refractivity contribution is 0.944. The highest BCUT2D eigenvalue weighted by atomic mass is 15.0. The van der Waals surface area contributed by atoms with Crippen LogP contribution in [0.3, 0.4) is 0 Å². The SMILES string of the molecule is CC.CC.Cc1cn(C)c2ncccc12. The van der Waals surface area contributed by atoms with Gasteiger partial charge in [0.1, 0.15) is 5.65 Å². The highest BCUT2D eigenvalue weighted by Crippen LogP contribution is 2.15. The van der Waals surface area contributed by atoms with Crippen LogP contribution in [-0.4, -0.2) is 9.55 Å². The van der Waals surface area contributed by atoms with Crippen LogP contribution in [0.4, 0.5) is 0 Å². The number of hydrogen-bond acceptors (Lipinski definition) is 1. The van der Waals surface area contributed by atoms with Crippen molar-refractivity contribution in [3.8, 4) is 0 Å². The second-order valence-electron chi connectivity index (χ2n) is 2.80. The molecule has 0 atom stereocenters.